The van der Waals surface area contributed by atoms with Crippen molar-refractivity contribution in [3.8, 4) is 0 Å². The van der Waals surface area contributed by atoms with Crippen molar-refractivity contribution in [2.24, 2.45) is 5.92 Å². The Labute approximate surface area is 86.3 Å². The molecule has 0 aliphatic carbocycles. The Morgan fingerprint density at radius 3 is 2.67 bits per heavy atom. The summed E-state index contributed by atoms with van der Waals surface area (Å²) in [4.78, 5) is 28.2. The van der Waals surface area contributed by atoms with Gasteiger partial charge in [-0.25, -0.2) is 4.79 Å². The molecule has 2 N–H and O–H groups in total. The molecule has 78 valence electrons. The number of imidazole rings is 1. The summed E-state index contributed by atoms with van der Waals surface area (Å²) in [5, 5.41) is 0. The molecule has 0 fully saturated rings. The Balaban J connectivity index is 2.70. The van der Waals surface area contributed by atoms with Gasteiger partial charge in [0, 0.05) is 11.5 Å². The Bertz CT molecular complexity index is 563. The molecule has 0 bridgehead atoms. The number of hydrogen-bond donors (Lipinski definition) is 2. The van der Waals surface area contributed by atoms with Crippen LogP contribution in [-0.2, 0) is 0 Å². The van der Waals surface area contributed by atoms with Crippen LogP contribution >= 0.6 is 0 Å². The summed E-state index contributed by atoms with van der Waals surface area (Å²) < 4.78 is 0. The van der Waals surface area contributed by atoms with Gasteiger partial charge in [0.2, 0.25) is 0 Å². The minimum absolute atomic E-state index is 0.0378. The number of carbonyl (C=O) groups is 1. The van der Waals surface area contributed by atoms with Gasteiger partial charge in [-0.2, -0.15) is 0 Å². The van der Waals surface area contributed by atoms with E-state index in [9.17, 15) is 9.59 Å². The van der Waals surface area contributed by atoms with Crippen LogP contribution in [-0.4, -0.2) is 15.8 Å². The summed E-state index contributed by atoms with van der Waals surface area (Å²) in [5.74, 6) is -0.0372. The average molecular weight is 204 g/mol. The molecule has 1 aromatic heterocycles. The summed E-state index contributed by atoms with van der Waals surface area (Å²) >= 11 is 0. The maximum absolute atomic E-state index is 11.8. The first kappa shape index (κ1) is 9.71. The van der Waals surface area contributed by atoms with Gasteiger partial charge >= 0.3 is 5.69 Å². The van der Waals surface area contributed by atoms with Crippen LogP contribution in [0.3, 0.4) is 0 Å². The first-order chi connectivity index (χ1) is 7.09. The van der Waals surface area contributed by atoms with Crippen LogP contribution < -0.4 is 5.69 Å². The molecule has 0 spiro atoms. The number of aromatic amines is 2. The number of benzene rings is 1. The molecular formula is C11H12N2O2. The van der Waals surface area contributed by atoms with Gasteiger partial charge in [0.15, 0.2) is 5.78 Å². The standard InChI is InChI=1S/C11H12N2O2/c1-6(2)10(14)7-4-3-5-8-9(7)13-11(15)12-8/h3-6H,1-2H3,(H2,12,13,15). The third kappa shape index (κ3) is 1.58. The molecule has 1 aromatic carbocycles. The zero-order valence-electron chi connectivity index (χ0n) is 8.63. The quantitative estimate of drug-likeness (QED) is 0.731. The van der Waals surface area contributed by atoms with Gasteiger partial charge in [-0.05, 0) is 12.1 Å². The van der Waals surface area contributed by atoms with Crippen molar-refractivity contribution < 1.29 is 4.79 Å². The highest BCUT2D eigenvalue weighted by molar-refractivity contribution is 6.06. The SMILES string of the molecule is CC(C)C(=O)c1cccc2[nH]c(=O)[nH]c12. The van der Waals surface area contributed by atoms with E-state index < -0.39 is 0 Å². The topological polar surface area (TPSA) is 65.7 Å². The summed E-state index contributed by atoms with van der Waals surface area (Å²) in [5.41, 5.74) is 1.56. The highest BCUT2D eigenvalue weighted by Crippen LogP contribution is 2.16. The Kier molecular flexibility index (Phi) is 2.19. The van der Waals surface area contributed by atoms with E-state index in [-0.39, 0.29) is 17.4 Å². The van der Waals surface area contributed by atoms with E-state index in [2.05, 4.69) is 9.97 Å². The number of rotatable bonds is 2. The zero-order valence-corrected chi connectivity index (χ0v) is 8.63. The molecule has 2 aromatic rings. The lowest BCUT2D eigenvalue weighted by molar-refractivity contribution is 0.0941. The number of aromatic nitrogens is 2. The number of carbonyl (C=O) groups excluding carboxylic acids is 1. The van der Waals surface area contributed by atoms with Crippen LogP contribution in [0.15, 0.2) is 23.0 Å². The third-order valence-corrected chi connectivity index (χ3v) is 2.34. The second-order valence-electron chi connectivity index (χ2n) is 3.83. The molecule has 0 saturated carbocycles. The van der Waals surface area contributed by atoms with Crippen molar-refractivity contribution in [2.45, 2.75) is 13.8 Å². The first-order valence-electron chi connectivity index (χ1n) is 4.85. The Hall–Kier alpha value is -1.84. The third-order valence-electron chi connectivity index (χ3n) is 2.34. The largest absolute Gasteiger partial charge is 0.323 e. The molecule has 4 heteroatoms. The van der Waals surface area contributed by atoms with E-state index >= 15 is 0 Å². The molecule has 15 heavy (non-hydrogen) atoms. The van der Waals surface area contributed by atoms with Gasteiger partial charge in [-0.1, -0.05) is 19.9 Å². The lowest BCUT2D eigenvalue weighted by Crippen LogP contribution is -2.08. The molecule has 0 atom stereocenters. The van der Waals surface area contributed by atoms with Crippen molar-refractivity contribution in [1.82, 2.24) is 9.97 Å². The van der Waals surface area contributed by atoms with E-state index in [4.69, 9.17) is 0 Å². The molecule has 0 aliphatic rings. The minimum Gasteiger partial charge on any atom is -0.306 e. The van der Waals surface area contributed by atoms with Gasteiger partial charge in [-0.3, -0.25) is 4.79 Å². The normalized spacial score (nSPS) is 11.1. The van der Waals surface area contributed by atoms with Gasteiger partial charge < -0.3 is 9.97 Å². The van der Waals surface area contributed by atoms with Crippen LogP contribution in [0.1, 0.15) is 24.2 Å². The van der Waals surface area contributed by atoms with Crippen molar-refractivity contribution >= 4 is 16.8 Å². The molecule has 0 saturated heterocycles. The van der Waals surface area contributed by atoms with Crippen LogP contribution in [0.2, 0.25) is 0 Å². The first-order valence-corrected chi connectivity index (χ1v) is 4.85. The number of nitrogens with one attached hydrogen (secondary N) is 2. The smallest absolute Gasteiger partial charge is 0.306 e. The highest BCUT2D eigenvalue weighted by Gasteiger charge is 2.14. The summed E-state index contributed by atoms with van der Waals surface area (Å²) in [6.45, 7) is 3.68. The van der Waals surface area contributed by atoms with E-state index in [0.29, 0.717) is 16.6 Å². The summed E-state index contributed by atoms with van der Waals surface area (Å²) in [6.07, 6.45) is 0. The lowest BCUT2D eigenvalue weighted by atomic mass is 10.00. The van der Waals surface area contributed by atoms with Crippen LogP contribution in [0, 0.1) is 5.92 Å². The fourth-order valence-corrected chi connectivity index (χ4v) is 1.57. The summed E-state index contributed by atoms with van der Waals surface area (Å²) in [6, 6.07) is 5.26. The lowest BCUT2D eigenvalue weighted by Gasteiger charge is -2.04. The molecular weight excluding hydrogens is 192 g/mol. The predicted molar refractivity (Wildman–Crippen MR) is 58.1 cm³/mol. The van der Waals surface area contributed by atoms with Gasteiger partial charge in [0.25, 0.3) is 0 Å². The number of ketones is 1. The van der Waals surface area contributed by atoms with Crippen molar-refractivity contribution in [3.05, 3.63) is 34.2 Å². The number of H-pyrrole nitrogens is 2. The van der Waals surface area contributed by atoms with Crippen molar-refractivity contribution in [1.29, 1.82) is 0 Å². The molecule has 0 radical (unpaired) electrons. The highest BCUT2D eigenvalue weighted by atomic mass is 16.1. The maximum atomic E-state index is 11.8. The predicted octanol–water partition coefficient (Wildman–Crippen LogP) is 1.69. The molecule has 4 nitrogen and oxygen atoms in total. The van der Waals surface area contributed by atoms with Crippen LogP contribution in [0.25, 0.3) is 11.0 Å². The molecule has 0 aliphatic heterocycles. The molecule has 0 unspecified atom stereocenters. The van der Waals surface area contributed by atoms with Crippen molar-refractivity contribution in [2.75, 3.05) is 0 Å². The Morgan fingerprint density at radius 2 is 2.00 bits per heavy atom. The van der Waals surface area contributed by atoms with Gasteiger partial charge in [-0.15, -0.1) is 0 Å². The van der Waals surface area contributed by atoms with E-state index in [1.165, 1.54) is 0 Å². The van der Waals surface area contributed by atoms with Crippen LogP contribution in [0.4, 0.5) is 0 Å². The van der Waals surface area contributed by atoms with E-state index in [1.807, 2.05) is 13.8 Å². The maximum Gasteiger partial charge on any atom is 0.323 e. The number of para-hydroxylation sites is 1. The zero-order chi connectivity index (χ0) is 11.0. The average Bonchev–Trinajstić information content (AvgIpc) is 2.56. The summed E-state index contributed by atoms with van der Waals surface area (Å²) in [7, 11) is 0. The van der Waals surface area contributed by atoms with Gasteiger partial charge in [0.05, 0.1) is 11.0 Å². The fraction of sp³-hybridized carbons (Fsp3) is 0.273. The Morgan fingerprint density at radius 1 is 1.27 bits per heavy atom. The number of fused-ring (bicyclic) bond motifs is 1. The van der Waals surface area contributed by atoms with Crippen molar-refractivity contribution in [3.63, 3.8) is 0 Å². The van der Waals surface area contributed by atoms with Crippen LogP contribution in [0.5, 0.6) is 0 Å². The second-order valence-corrected chi connectivity index (χ2v) is 3.83. The molecule has 1 heterocycles. The molecule has 0 amide bonds. The van der Waals surface area contributed by atoms with E-state index in [0.717, 1.165) is 0 Å². The number of Topliss-reactive ketones (excluding diaryl/α,β-unsaturated/α-hetero) is 1. The minimum atomic E-state index is -0.283. The van der Waals surface area contributed by atoms with Gasteiger partial charge in [0.1, 0.15) is 0 Å². The molecule has 2 rings (SSSR count). The monoisotopic (exact) mass is 204 g/mol. The fourth-order valence-electron chi connectivity index (χ4n) is 1.57. The van der Waals surface area contributed by atoms with E-state index in [1.54, 1.807) is 18.2 Å². The number of hydrogen-bond acceptors (Lipinski definition) is 2. The second kappa shape index (κ2) is 3.38.